The molecular formula is C54H98O10. The largest absolute Gasteiger partial charge is 0.462 e. The van der Waals surface area contributed by atoms with Gasteiger partial charge in [-0.1, -0.05) is 217 Å². The molecule has 0 amide bonds. The van der Waals surface area contributed by atoms with Gasteiger partial charge in [0.15, 0.2) is 12.4 Å². The smallest absolute Gasteiger partial charge is 0.306 e. The normalized spacial score (nSPS) is 19.6. The summed E-state index contributed by atoms with van der Waals surface area (Å²) in [6.07, 6.45) is 45.9. The SMILES string of the molecule is CC/C=C\C/C=C\C/C=C\CCCCCCCC(=O)OC(COC(=O)CCCCCCCCCCCCCCCCCCCCCCCCCC)COC1OC(CO)C(O)C(O)C1O. The fourth-order valence-corrected chi connectivity index (χ4v) is 8.15. The molecule has 1 saturated heterocycles. The lowest BCUT2D eigenvalue weighted by molar-refractivity contribution is -0.305. The van der Waals surface area contributed by atoms with Gasteiger partial charge in [0, 0.05) is 12.8 Å². The van der Waals surface area contributed by atoms with Gasteiger partial charge in [0.05, 0.1) is 13.2 Å². The highest BCUT2D eigenvalue weighted by Gasteiger charge is 2.44. The average Bonchev–Trinajstić information content (AvgIpc) is 3.29. The minimum Gasteiger partial charge on any atom is -0.462 e. The molecule has 0 aromatic heterocycles. The minimum atomic E-state index is -1.60. The van der Waals surface area contributed by atoms with Crippen molar-refractivity contribution in [3.8, 4) is 0 Å². The quantitative estimate of drug-likeness (QED) is 0.0264. The van der Waals surface area contributed by atoms with Gasteiger partial charge in [-0.3, -0.25) is 9.59 Å². The average molecular weight is 907 g/mol. The second-order valence-corrected chi connectivity index (χ2v) is 18.3. The Bertz CT molecular complexity index is 1140. The van der Waals surface area contributed by atoms with E-state index in [1.165, 1.54) is 135 Å². The maximum Gasteiger partial charge on any atom is 0.306 e. The maximum absolute atomic E-state index is 12.8. The molecule has 1 aliphatic heterocycles. The van der Waals surface area contributed by atoms with Crippen molar-refractivity contribution >= 4 is 11.9 Å². The molecule has 64 heavy (non-hydrogen) atoms. The van der Waals surface area contributed by atoms with Gasteiger partial charge >= 0.3 is 11.9 Å². The number of aliphatic hydroxyl groups is 4. The number of unbranched alkanes of at least 4 members (excludes halogenated alkanes) is 28. The molecule has 0 aromatic rings. The van der Waals surface area contributed by atoms with Gasteiger partial charge < -0.3 is 39.4 Å². The molecule has 1 heterocycles. The lowest BCUT2D eigenvalue weighted by Crippen LogP contribution is -2.59. The molecule has 10 nitrogen and oxygen atoms in total. The van der Waals surface area contributed by atoms with E-state index in [0.29, 0.717) is 6.42 Å². The number of rotatable bonds is 45. The monoisotopic (exact) mass is 907 g/mol. The van der Waals surface area contributed by atoms with E-state index in [4.69, 9.17) is 18.9 Å². The molecule has 0 bridgehead atoms. The van der Waals surface area contributed by atoms with E-state index in [0.717, 1.165) is 70.6 Å². The molecule has 1 rings (SSSR count). The van der Waals surface area contributed by atoms with Crippen molar-refractivity contribution in [2.24, 2.45) is 0 Å². The van der Waals surface area contributed by atoms with E-state index in [1.54, 1.807) is 0 Å². The zero-order chi connectivity index (χ0) is 46.6. The van der Waals surface area contributed by atoms with Gasteiger partial charge in [-0.15, -0.1) is 0 Å². The molecule has 0 saturated carbocycles. The van der Waals surface area contributed by atoms with Crippen LogP contribution >= 0.6 is 0 Å². The van der Waals surface area contributed by atoms with E-state index < -0.39 is 49.4 Å². The van der Waals surface area contributed by atoms with Crippen LogP contribution in [0.4, 0.5) is 0 Å². The molecular weight excluding hydrogens is 809 g/mol. The Hall–Kier alpha value is -2.08. The molecule has 10 heteroatoms. The summed E-state index contributed by atoms with van der Waals surface area (Å²) in [6.45, 7) is 3.33. The molecule has 1 fully saturated rings. The van der Waals surface area contributed by atoms with Gasteiger partial charge in [0.25, 0.3) is 0 Å². The Kier molecular flexibility index (Phi) is 41.9. The summed E-state index contributed by atoms with van der Waals surface area (Å²) in [5.74, 6) is -0.816. The summed E-state index contributed by atoms with van der Waals surface area (Å²) in [6, 6.07) is 0. The molecule has 0 spiro atoms. The standard InChI is InChI=1S/C54H98O10/c1-3-5-7-9-11-13-15-17-19-20-21-22-23-24-25-26-27-29-30-32-34-36-38-40-42-49(56)61-45-47(46-62-54-53(60)52(59)51(58)48(44-55)64-54)63-50(57)43-41-39-37-35-33-31-28-18-16-14-12-10-8-6-4-2/h6,8,12,14,18,28,47-48,51-55,58-60H,3-5,7,9-11,13,15-17,19-27,29-46H2,1-2H3/b8-6-,14-12-,28-18-. The summed E-state index contributed by atoms with van der Waals surface area (Å²) in [4.78, 5) is 25.4. The highest BCUT2D eigenvalue weighted by molar-refractivity contribution is 5.70. The number of esters is 2. The van der Waals surface area contributed by atoms with E-state index in [2.05, 4.69) is 50.3 Å². The van der Waals surface area contributed by atoms with Gasteiger partial charge in [0.1, 0.15) is 31.0 Å². The number of hydrogen-bond donors (Lipinski definition) is 4. The lowest BCUT2D eigenvalue weighted by atomic mass is 9.99. The van der Waals surface area contributed by atoms with Crippen LogP contribution in [0.25, 0.3) is 0 Å². The fourth-order valence-electron chi connectivity index (χ4n) is 8.15. The predicted molar refractivity (Wildman–Crippen MR) is 261 cm³/mol. The van der Waals surface area contributed by atoms with E-state index in [9.17, 15) is 30.0 Å². The molecule has 6 unspecified atom stereocenters. The molecule has 0 aromatic carbocycles. The molecule has 374 valence electrons. The molecule has 6 atom stereocenters. The molecule has 4 N–H and O–H groups in total. The van der Waals surface area contributed by atoms with Crippen molar-refractivity contribution in [3.05, 3.63) is 36.5 Å². The first-order valence-electron chi connectivity index (χ1n) is 26.6. The first-order valence-corrected chi connectivity index (χ1v) is 26.6. The lowest BCUT2D eigenvalue weighted by Gasteiger charge is -2.39. The van der Waals surface area contributed by atoms with Crippen LogP contribution in [-0.4, -0.2) is 89.0 Å². The van der Waals surface area contributed by atoms with Crippen molar-refractivity contribution < 1.29 is 49.0 Å². The summed E-state index contributed by atoms with van der Waals surface area (Å²) in [5.41, 5.74) is 0. The molecule has 0 radical (unpaired) electrons. The van der Waals surface area contributed by atoms with E-state index >= 15 is 0 Å². The second-order valence-electron chi connectivity index (χ2n) is 18.3. The van der Waals surface area contributed by atoms with Crippen LogP contribution in [-0.2, 0) is 28.5 Å². The Morgan fingerprint density at radius 2 is 0.922 bits per heavy atom. The van der Waals surface area contributed by atoms with Crippen LogP contribution < -0.4 is 0 Å². The van der Waals surface area contributed by atoms with E-state index in [1.807, 2.05) is 0 Å². The summed E-state index contributed by atoms with van der Waals surface area (Å²) >= 11 is 0. The van der Waals surface area contributed by atoms with Gasteiger partial charge in [-0.05, 0) is 44.9 Å². The van der Waals surface area contributed by atoms with Crippen LogP contribution in [0.1, 0.15) is 239 Å². The van der Waals surface area contributed by atoms with Crippen LogP contribution in [0.2, 0.25) is 0 Å². The minimum absolute atomic E-state index is 0.212. The van der Waals surface area contributed by atoms with Gasteiger partial charge in [-0.2, -0.15) is 0 Å². The fraction of sp³-hybridized carbons (Fsp3) is 0.852. The van der Waals surface area contributed by atoms with Crippen LogP contribution in [0.15, 0.2) is 36.5 Å². The molecule has 1 aliphatic rings. The Balaban J connectivity index is 2.20. The number of allylic oxidation sites excluding steroid dienone is 6. The van der Waals surface area contributed by atoms with Crippen molar-refractivity contribution in [3.63, 3.8) is 0 Å². The van der Waals surface area contributed by atoms with Crippen molar-refractivity contribution in [1.82, 2.24) is 0 Å². The Labute approximate surface area is 391 Å². The van der Waals surface area contributed by atoms with Crippen molar-refractivity contribution in [1.29, 1.82) is 0 Å². The summed E-state index contributed by atoms with van der Waals surface area (Å²) < 4.78 is 22.2. The maximum atomic E-state index is 12.8. The van der Waals surface area contributed by atoms with Crippen LogP contribution in [0.3, 0.4) is 0 Å². The third-order valence-electron chi connectivity index (χ3n) is 12.3. The second kappa shape index (κ2) is 44.7. The zero-order valence-corrected chi connectivity index (χ0v) is 41.0. The zero-order valence-electron chi connectivity index (χ0n) is 41.0. The van der Waals surface area contributed by atoms with E-state index in [-0.39, 0.29) is 32.0 Å². The molecule has 0 aliphatic carbocycles. The number of carbonyl (C=O) groups excluding carboxylic acids is 2. The Morgan fingerprint density at radius 3 is 1.39 bits per heavy atom. The number of aliphatic hydroxyl groups excluding tert-OH is 4. The van der Waals surface area contributed by atoms with Crippen molar-refractivity contribution in [2.45, 2.75) is 275 Å². The van der Waals surface area contributed by atoms with Gasteiger partial charge in [0.2, 0.25) is 0 Å². The number of carbonyl (C=O) groups is 2. The topological polar surface area (TPSA) is 152 Å². The first-order chi connectivity index (χ1) is 31.3. The third kappa shape index (κ3) is 35.2. The highest BCUT2D eigenvalue weighted by atomic mass is 16.7. The summed E-state index contributed by atoms with van der Waals surface area (Å²) in [5, 5.41) is 40.2. The van der Waals surface area contributed by atoms with Crippen LogP contribution in [0, 0.1) is 0 Å². The number of hydrogen-bond acceptors (Lipinski definition) is 10. The number of ether oxygens (including phenoxy) is 4. The third-order valence-corrected chi connectivity index (χ3v) is 12.3. The Morgan fingerprint density at radius 1 is 0.500 bits per heavy atom. The van der Waals surface area contributed by atoms with Crippen LogP contribution in [0.5, 0.6) is 0 Å². The summed E-state index contributed by atoms with van der Waals surface area (Å²) in [7, 11) is 0. The predicted octanol–water partition coefficient (Wildman–Crippen LogP) is 12.6. The van der Waals surface area contributed by atoms with Crippen molar-refractivity contribution in [2.75, 3.05) is 19.8 Å². The van der Waals surface area contributed by atoms with Gasteiger partial charge in [-0.25, -0.2) is 0 Å². The highest BCUT2D eigenvalue weighted by Crippen LogP contribution is 2.23. The first kappa shape index (κ1) is 59.9.